The van der Waals surface area contributed by atoms with E-state index in [1.165, 1.54) is 26.1 Å². The summed E-state index contributed by atoms with van der Waals surface area (Å²) in [6.07, 6.45) is 1.30. The van der Waals surface area contributed by atoms with E-state index in [1.807, 2.05) is 4.90 Å². The van der Waals surface area contributed by atoms with Crippen LogP contribution >= 0.6 is 0 Å². The summed E-state index contributed by atoms with van der Waals surface area (Å²) >= 11 is 0. The Morgan fingerprint density at radius 1 is 0.941 bits per heavy atom. The topological polar surface area (TPSA) is 47.6 Å². The largest absolute Gasteiger partial charge is 0.340 e. The molecule has 5 nitrogen and oxygen atoms in total. The predicted octanol–water partition coefficient (Wildman–Crippen LogP) is -0.650. The molecule has 2 rings (SSSR count). The second-order valence-electron chi connectivity index (χ2n) is 4.66. The summed E-state index contributed by atoms with van der Waals surface area (Å²) in [5, 5.41) is 6.51. The highest BCUT2D eigenvalue weighted by atomic mass is 16.2. The van der Waals surface area contributed by atoms with E-state index in [1.54, 1.807) is 6.92 Å². The van der Waals surface area contributed by atoms with Gasteiger partial charge in [0.15, 0.2) is 0 Å². The lowest BCUT2D eigenvalue weighted by Crippen LogP contribution is -2.45. The minimum atomic E-state index is 0.191. The fourth-order valence-electron chi connectivity index (χ4n) is 1.96. The Morgan fingerprint density at radius 3 is 2.12 bits per heavy atom. The number of carbonyl (C=O) groups excluding carboxylic acids is 1. The van der Waals surface area contributed by atoms with E-state index in [9.17, 15) is 4.79 Å². The second-order valence-corrected chi connectivity index (χ2v) is 4.66. The van der Waals surface area contributed by atoms with E-state index in [2.05, 4.69) is 22.6 Å². The smallest absolute Gasteiger partial charge is 0.219 e. The molecule has 0 saturated carbocycles. The van der Waals surface area contributed by atoms with E-state index in [-0.39, 0.29) is 5.91 Å². The minimum Gasteiger partial charge on any atom is -0.340 e. The SMILES string of the molecule is CC(=O)N1CCNCC1.CN1CCCNCC1. The Hall–Kier alpha value is -0.650. The Kier molecular flexibility index (Phi) is 7.16. The lowest BCUT2D eigenvalue weighted by Gasteiger charge is -2.25. The number of hydrogen-bond donors (Lipinski definition) is 2. The zero-order valence-electron chi connectivity index (χ0n) is 11.2. The summed E-state index contributed by atoms with van der Waals surface area (Å²) in [7, 11) is 2.17. The molecule has 0 spiro atoms. The summed E-state index contributed by atoms with van der Waals surface area (Å²) in [5.74, 6) is 0.191. The third-order valence-corrected chi connectivity index (χ3v) is 3.13. The monoisotopic (exact) mass is 242 g/mol. The van der Waals surface area contributed by atoms with Crippen molar-refractivity contribution in [1.29, 1.82) is 0 Å². The first-order valence-electron chi connectivity index (χ1n) is 6.55. The molecule has 1 amide bonds. The zero-order chi connectivity index (χ0) is 12.5. The molecule has 2 aliphatic heterocycles. The summed E-state index contributed by atoms with van der Waals surface area (Å²) in [4.78, 5) is 14.9. The molecule has 5 heteroatoms. The van der Waals surface area contributed by atoms with E-state index in [0.717, 1.165) is 32.7 Å². The number of carbonyl (C=O) groups is 1. The van der Waals surface area contributed by atoms with Crippen molar-refractivity contribution in [1.82, 2.24) is 20.4 Å². The molecule has 2 heterocycles. The van der Waals surface area contributed by atoms with Crippen LogP contribution in [0.5, 0.6) is 0 Å². The fraction of sp³-hybridized carbons (Fsp3) is 0.917. The van der Waals surface area contributed by atoms with Crippen LogP contribution in [0.25, 0.3) is 0 Å². The van der Waals surface area contributed by atoms with Gasteiger partial charge in [0.25, 0.3) is 0 Å². The first-order chi connectivity index (χ1) is 8.20. The third kappa shape index (κ3) is 6.61. The average Bonchev–Trinajstić information content (AvgIpc) is 2.59. The van der Waals surface area contributed by atoms with Crippen molar-refractivity contribution in [2.45, 2.75) is 13.3 Å². The van der Waals surface area contributed by atoms with Gasteiger partial charge in [0.1, 0.15) is 0 Å². The molecular formula is C12H26N4O. The lowest BCUT2D eigenvalue weighted by molar-refractivity contribution is -0.129. The number of likely N-dealkylation sites (N-methyl/N-ethyl adjacent to an activating group) is 1. The maximum absolute atomic E-state index is 10.7. The molecule has 0 radical (unpaired) electrons. The molecule has 100 valence electrons. The van der Waals surface area contributed by atoms with Gasteiger partial charge in [0, 0.05) is 46.2 Å². The maximum atomic E-state index is 10.7. The van der Waals surface area contributed by atoms with E-state index in [4.69, 9.17) is 0 Å². The number of amides is 1. The summed E-state index contributed by atoms with van der Waals surface area (Å²) in [6.45, 7) is 10.1. The van der Waals surface area contributed by atoms with Crippen molar-refractivity contribution in [3.05, 3.63) is 0 Å². The van der Waals surface area contributed by atoms with Crippen LogP contribution in [0.3, 0.4) is 0 Å². The lowest BCUT2D eigenvalue weighted by atomic mass is 10.4. The van der Waals surface area contributed by atoms with Gasteiger partial charge < -0.3 is 20.4 Å². The summed E-state index contributed by atoms with van der Waals surface area (Å²) in [5.41, 5.74) is 0. The normalized spacial score (nSPS) is 22.4. The van der Waals surface area contributed by atoms with Crippen LogP contribution in [-0.2, 0) is 4.79 Å². The Balaban J connectivity index is 0.000000171. The van der Waals surface area contributed by atoms with Crippen molar-refractivity contribution in [2.24, 2.45) is 0 Å². The van der Waals surface area contributed by atoms with Gasteiger partial charge >= 0.3 is 0 Å². The number of nitrogens with one attached hydrogen (secondary N) is 2. The van der Waals surface area contributed by atoms with Crippen molar-refractivity contribution < 1.29 is 4.79 Å². The van der Waals surface area contributed by atoms with Crippen molar-refractivity contribution in [3.63, 3.8) is 0 Å². The third-order valence-electron chi connectivity index (χ3n) is 3.13. The summed E-state index contributed by atoms with van der Waals surface area (Å²) < 4.78 is 0. The highest BCUT2D eigenvalue weighted by Crippen LogP contribution is 1.90. The van der Waals surface area contributed by atoms with Gasteiger partial charge in [-0.2, -0.15) is 0 Å². The average molecular weight is 242 g/mol. The van der Waals surface area contributed by atoms with E-state index < -0.39 is 0 Å². The van der Waals surface area contributed by atoms with Crippen LogP contribution < -0.4 is 10.6 Å². The predicted molar refractivity (Wildman–Crippen MR) is 70.1 cm³/mol. The van der Waals surface area contributed by atoms with Crippen LogP contribution in [0.1, 0.15) is 13.3 Å². The molecule has 2 aliphatic rings. The molecule has 0 unspecified atom stereocenters. The van der Waals surface area contributed by atoms with Crippen LogP contribution in [0.15, 0.2) is 0 Å². The van der Waals surface area contributed by atoms with Gasteiger partial charge in [0.05, 0.1) is 0 Å². The molecule has 0 aromatic carbocycles. The fourth-order valence-corrected chi connectivity index (χ4v) is 1.96. The molecule has 0 aromatic heterocycles. The molecule has 0 atom stereocenters. The Bertz CT molecular complexity index is 209. The Morgan fingerprint density at radius 2 is 1.53 bits per heavy atom. The molecule has 0 aliphatic carbocycles. The maximum Gasteiger partial charge on any atom is 0.219 e. The number of rotatable bonds is 0. The minimum absolute atomic E-state index is 0.191. The van der Waals surface area contributed by atoms with Gasteiger partial charge in [-0.1, -0.05) is 0 Å². The van der Waals surface area contributed by atoms with Gasteiger partial charge in [-0.15, -0.1) is 0 Å². The molecule has 0 aromatic rings. The highest BCUT2D eigenvalue weighted by Gasteiger charge is 2.10. The number of nitrogens with zero attached hydrogens (tertiary/aromatic N) is 2. The Labute approximate surface area is 105 Å². The van der Waals surface area contributed by atoms with E-state index in [0.29, 0.717) is 0 Å². The molecule has 0 bridgehead atoms. The van der Waals surface area contributed by atoms with Gasteiger partial charge in [0.2, 0.25) is 5.91 Å². The van der Waals surface area contributed by atoms with Crippen molar-refractivity contribution in [3.8, 4) is 0 Å². The first kappa shape index (κ1) is 14.4. The number of hydrogen-bond acceptors (Lipinski definition) is 4. The van der Waals surface area contributed by atoms with Gasteiger partial charge in [-0.05, 0) is 26.6 Å². The highest BCUT2D eigenvalue weighted by molar-refractivity contribution is 5.73. The van der Waals surface area contributed by atoms with Crippen LogP contribution in [0.2, 0.25) is 0 Å². The molecule has 2 saturated heterocycles. The molecule has 2 N–H and O–H groups in total. The second kappa shape index (κ2) is 8.44. The summed E-state index contributed by atoms with van der Waals surface area (Å²) in [6, 6.07) is 0. The van der Waals surface area contributed by atoms with Gasteiger partial charge in [-0.25, -0.2) is 0 Å². The molecule has 17 heavy (non-hydrogen) atoms. The van der Waals surface area contributed by atoms with E-state index >= 15 is 0 Å². The zero-order valence-corrected chi connectivity index (χ0v) is 11.2. The first-order valence-corrected chi connectivity index (χ1v) is 6.55. The van der Waals surface area contributed by atoms with Crippen molar-refractivity contribution >= 4 is 5.91 Å². The van der Waals surface area contributed by atoms with Crippen LogP contribution in [0, 0.1) is 0 Å². The number of piperazine rings is 1. The van der Waals surface area contributed by atoms with Crippen LogP contribution in [-0.4, -0.2) is 75.1 Å². The quantitative estimate of drug-likeness (QED) is 0.593. The van der Waals surface area contributed by atoms with Crippen molar-refractivity contribution in [2.75, 3.05) is 59.4 Å². The molecule has 2 fully saturated rings. The molecular weight excluding hydrogens is 216 g/mol. The van der Waals surface area contributed by atoms with Gasteiger partial charge in [-0.3, -0.25) is 4.79 Å². The van der Waals surface area contributed by atoms with Crippen LogP contribution in [0.4, 0.5) is 0 Å². The standard InChI is InChI=1S/C6H12N2O.C6H14N2/c1-6(9)8-4-2-7-3-5-8;1-8-5-2-3-7-4-6-8/h7H,2-5H2,1H3;7H,2-6H2,1H3.